The Balaban J connectivity index is 2.04. The van der Waals surface area contributed by atoms with Gasteiger partial charge in [-0.3, -0.25) is 4.79 Å². The van der Waals surface area contributed by atoms with Crippen molar-refractivity contribution in [2.75, 3.05) is 19.8 Å². The number of fused-ring (bicyclic) bond motifs is 1. The van der Waals surface area contributed by atoms with Crippen molar-refractivity contribution >= 4 is 54.9 Å². The van der Waals surface area contributed by atoms with Gasteiger partial charge in [-0.15, -0.1) is 0 Å². The van der Waals surface area contributed by atoms with E-state index in [1.807, 2.05) is 32.9 Å². The van der Waals surface area contributed by atoms with Crippen molar-refractivity contribution in [3.05, 3.63) is 61.0 Å². The highest BCUT2D eigenvalue weighted by molar-refractivity contribution is 9.10. The normalized spacial score (nSPS) is 12.2. The Labute approximate surface area is 220 Å². The summed E-state index contributed by atoms with van der Waals surface area (Å²) in [6, 6.07) is 8.93. The van der Waals surface area contributed by atoms with Crippen LogP contribution in [0, 0.1) is 0 Å². The number of benzene rings is 2. The third-order valence-electron chi connectivity index (χ3n) is 5.18. The van der Waals surface area contributed by atoms with E-state index >= 15 is 0 Å². The standard InChI is InChI=1S/C25H27Br2N3O5/c1-5-15(4)24-29-20-9-8-17(26)12-18(20)25(32)30(24)28-13-16-10-19(27)23(21(11-16)33-6-2)35-14-22(31)34-7-3/h8-13,15H,5-7,14H2,1-4H3/t15-/m1/s1. The molecule has 1 aromatic heterocycles. The molecule has 35 heavy (non-hydrogen) atoms. The molecule has 1 atom stereocenters. The molecule has 3 aromatic rings. The summed E-state index contributed by atoms with van der Waals surface area (Å²) in [7, 11) is 0. The van der Waals surface area contributed by atoms with E-state index in [9.17, 15) is 9.59 Å². The third-order valence-corrected chi connectivity index (χ3v) is 6.26. The summed E-state index contributed by atoms with van der Waals surface area (Å²) in [6.45, 7) is 8.05. The second-order valence-corrected chi connectivity index (χ2v) is 9.43. The molecule has 0 saturated heterocycles. The maximum absolute atomic E-state index is 13.3. The van der Waals surface area contributed by atoms with Crippen LogP contribution in [0.25, 0.3) is 10.9 Å². The Hall–Kier alpha value is -2.72. The van der Waals surface area contributed by atoms with Crippen LogP contribution in [0.2, 0.25) is 0 Å². The molecular formula is C25H27Br2N3O5. The minimum absolute atomic E-state index is 0.0253. The van der Waals surface area contributed by atoms with Gasteiger partial charge in [0, 0.05) is 10.4 Å². The average Bonchev–Trinajstić information content (AvgIpc) is 2.83. The minimum atomic E-state index is -0.472. The van der Waals surface area contributed by atoms with Gasteiger partial charge in [0.2, 0.25) is 0 Å². The van der Waals surface area contributed by atoms with E-state index in [0.29, 0.717) is 44.9 Å². The molecule has 10 heteroatoms. The molecule has 0 spiro atoms. The molecule has 2 aromatic carbocycles. The summed E-state index contributed by atoms with van der Waals surface area (Å²) in [6.07, 6.45) is 2.37. The molecule has 0 saturated carbocycles. The lowest BCUT2D eigenvalue weighted by Crippen LogP contribution is -2.23. The molecule has 1 heterocycles. The number of hydrogen-bond donors (Lipinski definition) is 0. The highest BCUT2D eigenvalue weighted by Crippen LogP contribution is 2.36. The summed E-state index contributed by atoms with van der Waals surface area (Å²) < 4.78 is 19.0. The van der Waals surface area contributed by atoms with Gasteiger partial charge in [0.05, 0.1) is 34.8 Å². The van der Waals surface area contributed by atoms with Crippen LogP contribution in [0.15, 0.2) is 49.2 Å². The predicted octanol–water partition coefficient (Wildman–Crippen LogP) is 5.66. The Kier molecular flexibility index (Phi) is 9.45. The number of nitrogens with zero attached hydrogens (tertiary/aromatic N) is 3. The Bertz CT molecular complexity index is 1310. The largest absolute Gasteiger partial charge is 0.490 e. The molecule has 3 rings (SSSR count). The van der Waals surface area contributed by atoms with Crippen LogP contribution in [-0.2, 0) is 9.53 Å². The molecule has 0 aliphatic heterocycles. The van der Waals surface area contributed by atoms with Crippen molar-refractivity contribution in [2.24, 2.45) is 5.10 Å². The van der Waals surface area contributed by atoms with Crippen molar-refractivity contribution in [2.45, 2.75) is 40.0 Å². The summed E-state index contributed by atoms with van der Waals surface area (Å²) in [4.78, 5) is 29.8. The lowest BCUT2D eigenvalue weighted by Gasteiger charge is -2.15. The first-order chi connectivity index (χ1) is 16.8. The van der Waals surface area contributed by atoms with Gasteiger partial charge < -0.3 is 14.2 Å². The van der Waals surface area contributed by atoms with Crippen LogP contribution >= 0.6 is 31.9 Å². The number of carbonyl (C=O) groups excluding carboxylic acids is 1. The fraction of sp³-hybridized carbons (Fsp3) is 0.360. The summed E-state index contributed by atoms with van der Waals surface area (Å²) >= 11 is 6.90. The summed E-state index contributed by atoms with van der Waals surface area (Å²) in [5.74, 6) is 0.952. The van der Waals surface area contributed by atoms with Crippen LogP contribution < -0.4 is 15.0 Å². The molecule has 0 fully saturated rings. The van der Waals surface area contributed by atoms with Crippen molar-refractivity contribution in [1.82, 2.24) is 9.66 Å². The molecule has 0 aliphatic rings. The van der Waals surface area contributed by atoms with Gasteiger partial charge in [0.15, 0.2) is 18.1 Å². The van der Waals surface area contributed by atoms with Gasteiger partial charge in [-0.25, -0.2) is 9.78 Å². The molecule has 8 nitrogen and oxygen atoms in total. The van der Waals surface area contributed by atoms with Crippen LogP contribution in [0.3, 0.4) is 0 Å². The lowest BCUT2D eigenvalue weighted by atomic mass is 10.1. The highest BCUT2D eigenvalue weighted by Gasteiger charge is 2.17. The zero-order chi connectivity index (χ0) is 25.5. The fourth-order valence-corrected chi connectivity index (χ4v) is 4.24. The molecule has 0 aliphatic carbocycles. The number of halogens is 2. The molecule has 0 N–H and O–H groups in total. The smallest absolute Gasteiger partial charge is 0.344 e. The second kappa shape index (κ2) is 12.3. The number of ether oxygens (including phenoxy) is 3. The van der Waals surface area contributed by atoms with E-state index in [1.165, 1.54) is 4.68 Å². The first-order valence-corrected chi connectivity index (χ1v) is 12.9. The fourth-order valence-electron chi connectivity index (χ4n) is 3.30. The first kappa shape index (κ1) is 26.9. The molecule has 0 bridgehead atoms. The number of carbonyl (C=O) groups is 1. The maximum atomic E-state index is 13.3. The van der Waals surface area contributed by atoms with Gasteiger partial charge in [-0.1, -0.05) is 29.8 Å². The number of esters is 1. The number of aromatic nitrogens is 2. The van der Waals surface area contributed by atoms with Gasteiger partial charge in [0.1, 0.15) is 5.82 Å². The number of hydrogen-bond acceptors (Lipinski definition) is 7. The van der Waals surface area contributed by atoms with Crippen LogP contribution in [0.5, 0.6) is 11.5 Å². The van der Waals surface area contributed by atoms with E-state index < -0.39 is 5.97 Å². The minimum Gasteiger partial charge on any atom is -0.490 e. The van der Waals surface area contributed by atoms with Crippen molar-refractivity contribution < 1.29 is 19.0 Å². The number of rotatable bonds is 10. The molecule has 0 radical (unpaired) electrons. The Morgan fingerprint density at radius 2 is 1.91 bits per heavy atom. The van der Waals surface area contributed by atoms with E-state index in [-0.39, 0.29) is 24.7 Å². The highest BCUT2D eigenvalue weighted by atomic mass is 79.9. The zero-order valence-electron chi connectivity index (χ0n) is 20.0. The summed E-state index contributed by atoms with van der Waals surface area (Å²) in [5.41, 5.74) is 1.05. The Morgan fingerprint density at radius 1 is 1.14 bits per heavy atom. The second-order valence-electron chi connectivity index (χ2n) is 7.66. The Morgan fingerprint density at radius 3 is 2.60 bits per heavy atom. The van der Waals surface area contributed by atoms with Crippen LogP contribution in [0.4, 0.5) is 0 Å². The molecule has 0 unspecified atom stereocenters. The van der Waals surface area contributed by atoms with Crippen LogP contribution in [0.1, 0.15) is 51.4 Å². The molecular weight excluding hydrogens is 582 g/mol. The molecule has 0 amide bonds. The topological polar surface area (TPSA) is 92.0 Å². The quantitative estimate of drug-likeness (QED) is 0.218. The predicted molar refractivity (Wildman–Crippen MR) is 143 cm³/mol. The SMILES string of the molecule is CCOC(=O)COc1c(Br)cc(C=Nn2c([C@H](C)CC)nc3ccc(Br)cc3c2=O)cc1OCC. The van der Waals surface area contributed by atoms with E-state index in [0.717, 1.165) is 10.9 Å². The zero-order valence-corrected chi connectivity index (χ0v) is 23.2. The average molecular weight is 609 g/mol. The summed E-state index contributed by atoms with van der Waals surface area (Å²) in [5, 5.41) is 4.98. The van der Waals surface area contributed by atoms with Gasteiger partial charge in [0.25, 0.3) is 5.56 Å². The van der Waals surface area contributed by atoms with Crippen LogP contribution in [-0.4, -0.2) is 41.7 Å². The van der Waals surface area contributed by atoms with Gasteiger partial charge >= 0.3 is 5.97 Å². The van der Waals surface area contributed by atoms with E-state index in [4.69, 9.17) is 19.2 Å². The maximum Gasteiger partial charge on any atom is 0.344 e. The molecule has 186 valence electrons. The lowest BCUT2D eigenvalue weighted by molar-refractivity contribution is -0.145. The van der Waals surface area contributed by atoms with Gasteiger partial charge in [-0.05, 0) is 72.1 Å². The monoisotopic (exact) mass is 607 g/mol. The van der Waals surface area contributed by atoms with Crippen molar-refractivity contribution in [3.8, 4) is 11.5 Å². The third kappa shape index (κ3) is 6.49. The van der Waals surface area contributed by atoms with E-state index in [2.05, 4.69) is 37.0 Å². The van der Waals surface area contributed by atoms with Crippen molar-refractivity contribution in [3.63, 3.8) is 0 Å². The van der Waals surface area contributed by atoms with Gasteiger partial charge in [-0.2, -0.15) is 9.78 Å². The van der Waals surface area contributed by atoms with E-state index in [1.54, 1.807) is 31.3 Å². The first-order valence-electron chi connectivity index (χ1n) is 11.3. The van der Waals surface area contributed by atoms with Crippen molar-refractivity contribution in [1.29, 1.82) is 0 Å².